The Hall–Kier alpha value is -2.96. The zero-order chi connectivity index (χ0) is 18.8. The average Bonchev–Trinajstić information content (AvgIpc) is 3.30. The molecule has 3 aromatic rings. The number of ether oxygens (including phenoxy) is 1. The molecule has 27 heavy (non-hydrogen) atoms. The summed E-state index contributed by atoms with van der Waals surface area (Å²) in [5.74, 6) is -0.00673. The first-order chi connectivity index (χ1) is 13.1. The summed E-state index contributed by atoms with van der Waals surface area (Å²) >= 11 is 0. The van der Waals surface area contributed by atoms with Crippen LogP contribution in [0.15, 0.2) is 42.5 Å². The van der Waals surface area contributed by atoms with Crippen LogP contribution in [0.4, 0.5) is 14.5 Å². The summed E-state index contributed by atoms with van der Waals surface area (Å²) in [5, 5.41) is 2.82. The minimum absolute atomic E-state index is 0.239. The molecule has 7 heteroatoms. The van der Waals surface area contributed by atoms with Crippen molar-refractivity contribution in [3.63, 3.8) is 0 Å². The third-order valence-electron chi connectivity index (χ3n) is 4.67. The van der Waals surface area contributed by atoms with Crippen molar-refractivity contribution in [2.45, 2.75) is 38.2 Å². The molecule has 1 heterocycles. The predicted molar refractivity (Wildman–Crippen MR) is 98.3 cm³/mol. The molecule has 0 spiro atoms. The minimum Gasteiger partial charge on any atom is -0.490 e. The summed E-state index contributed by atoms with van der Waals surface area (Å²) in [5.41, 5.74) is 1.77. The van der Waals surface area contributed by atoms with Gasteiger partial charge in [-0.1, -0.05) is 6.07 Å². The number of carbonyl (C=O) groups is 1. The molecule has 1 saturated carbocycles. The van der Waals surface area contributed by atoms with Crippen LogP contribution >= 0.6 is 0 Å². The van der Waals surface area contributed by atoms with E-state index in [-0.39, 0.29) is 12.0 Å². The molecular weight excluding hydrogens is 352 g/mol. The molecule has 0 radical (unpaired) electrons. The molecule has 2 N–H and O–H groups in total. The van der Waals surface area contributed by atoms with Gasteiger partial charge in [0.2, 0.25) is 0 Å². The lowest BCUT2D eigenvalue weighted by atomic mass is 10.2. The Bertz CT molecular complexity index is 965. The number of aromatic amines is 1. The number of hydrogen-bond acceptors (Lipinski definition) is 3. The van der Waals surface area contributed by atoms with Crippen molar-refractivity contribution in [1.82, 2.24) is 9.97 Å². The van der Waals surface area contributed by atoms with Crippen molar-refractivity contribution in [1.29, 1.82) is 0 Å². The monoisotopic (exact) mass is 371 g/mol. The van der Waals surface area contributed by atoms with E-state index in [1.165, 1.54) is 18.9 Å². The van der Waals surface area contributed by atoms with E-state index in [4.69, 9.17) is 4.74 Å². The molecule has 1 aliphatic carbocycles. The molecular formula is C20H19F2N3O2. The molecule has 0 atom stereocenters. The molecule has 1 fully saturated rings. The van der Waals surface area contributed by atoms with Crippen LogP contribution in [0.5, 0.6) is 5.75 Å². The van der Waals surface area contributed by atoms with Crippen LogP contribution in [0.3, 0.4) is 0 Å². The van der Waals surface area contributed by atoms with Crippen molar-refractivity contribution < 1.29 is 18.3 Å². The Morgan fingerprint density at radius 1 is 1.19 bits per heavy atom. The number of nitrogens with zero attached hydrogens (tertiary/aromatic N) is 1. The topological polar surface area (TPSA) is 67.0 Å². The van der Waals surface area contributed by atoms with Gasteiger partial charge in [0, 0.05) is 17.3 Å². The number of hydrogen-bond donors (Lipinski definition) is 2. The number of H-pyrrole nitrogens is 1. The van der Waals surface area contributed by atoms with Crippen LogP contribution in [0.2, 0.25) is 0 Å². The molecule has 4 rings (SSSR count). The maximum absolute atomic E-state index is 12.8. The first-order valence-corrected chi connectivity index (χ1v) is 8.94. The van der Waals surface area contributed by atoms with Gasteiger partial charge in [-0.15, -0.1) is 0 Å². The van der Waals surface area contributed by atoms with Crippen LogP contribution in [-0.2, 0) is 0 Å². The maximum atomic E-state index is 12.8. The highest BCUT2D eigenvalue weighted by atomic mass is 19.3. The van der Waals surface area contributed by atoms with Gasteiger partial charge in [-0.25, -0.2) is 13.8 Å². The summed E-state index contributed by atoms with van der Waals surface area (Å²) in [4.78, 5) is 18.9. The lowest BCUT2D eigenvalue weighted by Crippen LogP contribution is -2.13. The van der Waals surface area contributed by atoms with Gasteiger partial charge in [0.1, 0.15) is 5.75 Å². The SMILES string of the molecule is O=C(Nc1cccc(OC2CCCC2)c1)c1ccc2nc(C(F)F)[nH]c2c1. The molecule has 140 valence electrons. The van der Waals surface area contributed by atoms with Gasteiger partial charge >= 0.3 is 0 Å². The standard InChI is InChI=1S/C20H19F2N3O2/c21-18(22)19-24-16-9-8-12(10-17(16)25-19)20(26)23-13-4-3-7-15(11-13)27-14-5-1-2-6-14/h3-4,7-11,14,18H,1-2,5-6H2,(H,23,26)(H,24,25). The first kappa shape index (κ1) is 17.5. The highest BCUT2D eigenvalue weighted by Gasteiger charge is 2.17. The molecule has 5 nitrogen and oxygen atoms in total. The molecule has 1 aromatic heterocycles. The summed E-state index contributed by atoms with van der Waals surface area (Å²) in [6, 6.07) is 11.9. The van der Waals surface area contributed by atoms with Crippen molar-refractivity contribution in [2.24, 2.45) is 0 Å². The predicted octanol–water partition coefficient (Wildman–Crippen LogP) is 5.07. The highest BCUT2D eigenvalue weighted by Crippen LogP contribution is 2.26. The van der Waals surface area contributed by atoms with Crippen molar-refractivity contribution >= 4 is 22.6 Å². The van der Waals surface area contributed by atoms with Crippen molar-refractivity contribution in [2.75, 3.05) is 5.32 Å². The van der Waals surface area contributed by atoms with Gasteiger partial charge in [0.05, 0.1) is 17.1 Å². The number of aromatic nitrogens is 2. The van der Waals surface area contributed by atoms with E-state index in [1.54, 1.807) is 24.3 Å². The van der Waals surface area contributed by atoms with Crippen molar-refractivity contribution in [3.8, 4) is 5.75 Å². The molecule has 1 aliphatic rings. The summed E-state index contributed by atoms with van der Waals surface area (Å²) in [6.45, 7) is 0. The number of imidazole rings is 1. The van der Waals surface area contributed by atoms with Crippen LogP contribution in [0, 0.1) is 0 Å². The van der Waals surface area contributed by atoms with E-state index in [0.717, 1.165) is 18.6 Å². The van der Waals surface area contributed by atoms with Gasteiger partial charge < -0.3 is 15.0 Å². The van der Waals surface area contributed by atoms with E-state index >= 15 is 0 Å². The Morgan fingerprint density at radius 3 is 2.78 bits per heavy atom. The highest BCUT2D eigenvalue weighted by molar-refractivity contribution is 6.06. The van der Waals surface area contributed by atoms with Gasteiger partial charge in [-0.05, 0) is 56.0 Å². The molecule has 0 aliphatic heterocycles. The van der Waals surface area contributed by atoms with Crippen LogP contribution in [-0.4, -0.2) is 22.0 Å². The Labute approximate surface area is 154 Å². The number of alkyl halides is 2. The normalized spacial score (nSPS) is 14.8. The summed E-state index contributed by atoms with van der Waals surface area (Å²) < 4.78 is 31.5. The summed E-state index contributed by atoms with van der Waals surface area (Å²) in [6.07, 6.45) is 2.04. The molecule has 0 bridgehead atoms. The van der Waals surface area contributed by atoms with E-state index in [2.05, 4.69) is 15.3 Å². The number of benzene rings is 2. The second-order valence-electron chi connectivity index (χ2n) is 6.66. The molecule has 2 aromatic carbocycles. The number of fused-ring (bicyclic) bond motifs is 1. The van der Waals surface area contributed by atoms with Gasteiger partial charge in [-0.2, -0.15) is 0 Å². The Morgan fingerprint density at radius 2 is 2.00 bits per heavy atom. The number of carbonyl (C=O) groups excluding carboxylic acids is 1. The third kappa shape index (κ3) is 3.92. The lowest BCUT2D eigenvalue weighted by molar-refractivity contribution is 0.102. The molecule has 1 amide bonds. The first-order valence-electron chi connectivity index (χ1n) is 8.94. The second-order valence-corrected chi connectivity index (χ2v) is 6.66. The molecule has 0 unspecified atom stereocenters. The Balaban J connectivity index is 1.49. The van der Waals surface area contributed by atoms with E-state index in [9.17, 15) is 13.6 Å². The fraction of sp³-hybridized carbons (Fsp3) is 0.300. The van der Waals surface area contributed by atoms with Gasteiger partial charge in [0.25, 0.3) is 12.3 Å². The van der Waals surface area contributed by atoms with Crippen LogP contribution in [0.25, 0.3) is 11.0 Å². The van der Waals surface area contributed by atoms with Crippen LogP contribution < -0.4 is 10.1 Å². The van der Waals surface area contributed by atoms with Crippen molar-refractivity contribution in [3.05, 3.63) is 53.9 Å². The minimum atomic E-state index is -2.68. The maximum Gasteiger partial charge on any atom is 0.295 e. The number of amides is 1. The number of rotatable bonds is 5. The van der Waals surface area contributed by atoms with Gasteiger partial charge in [0.15, 0.2) is 5.82 Å². The Kier molecular flexibility index (Phi) is 4.75. The average molecular weight is 371 g/mol. The smallest absolute Gasteiger partial charge is 0.295 e. The quantitative estimate of drug-likeness (QED) is 0.658. The lowest BCUT2D eigenvalue weighted by Gasteiger charge is -2.14. The zero-order valence-electron chi connectivity index (χ0n) is 14.5. The third-order valence-corrected chi connectivity index (χ3v) is 4.67. The zero-order valence-corrected chi connectivity index (χ0v) is 14.5. The number of anilines is 1. The fourth-order valence-corrected chi connectivity index (χ4v) is 3.32. The summed E-state index contributed by atoms with van der Waals surface area (Å²) in [7, 11) is 0. The molecule has 0 saturated heterocycles. The largest absolute Gasteiger partial charge is 0.490 e. The van der Waals surface area contributed by atoms with Crippen LogP contribution in [0.1, 0.15) is 48.3 Å². The van der Waals surface area contributed by atoms with E-state index < -0.39 is 12.2 Å². The van der Waals surface area contributed by atoms with E-state index in [1.807, 2.05) is 12.1 Å². The number of halogens is 2. The fourth-order valence-electron chi connectivity index (χ4n) is 3.32. The number of nitrogens with one attached hydrogen (secondary N) is 2. The second kappa shape index (κ2) is 7.34. The van der Waals surface area contributed by atoms with Gasteiger partial charge in [-0.3, -0.25) is 4.79 Å². The van der Waals surface area contributed by atoms with E-state index in [0.29, 0.717) is 22.3 Å².